The highest BCUT2D eigenvalue weighted by atomic mass is 32.1. The fourth-order valence-corrected chi connectivity index (χ4v) is 11.7. The van der Waals surface area contributed by atoms with Gasteiger partial charge in [0.2, 0.25) is 0 Å². The zero-order valence-corrected chi connectivity index (χ0v) is 34.2. The summed E-state index contributed by atoms with van der Waals surface area (Å²) in [5, 5.41) is 9.61. The number of aliphatic imine (C=N–C) groups is 1. The molecule has 5 heteroatoms. The highest BCUT2D eigenvalue weighted by Crippen LogP contribution is 2.47. The molecule has 0 saturated carbocycles. The minimum absolute atomic E-state index is 0.0733. The van der Waals surface area contributed by atoms with Crippen LogP contribution in [0.3, 0.4) is 0 Å². The van der Waals surface area contributed by atoms with E-state index >= 15 is 0 Å². The summed E-state index contributed by atoms with van der Waals surface area (Å²) >= 11 is 1.87. The third kappa shape index (κ3) is 4.74. The molecule has 14 rings (SSSR count). The molecule has 0 radical (unpaired) electrons. The number of hydrogen-bond acceptors (Lipinski definition) is 3. The van der Waals surface area contributed by atoms with E-state index in [1.165, 1.54) is 52.8 Å². The van der Waals surface area contributed by atoms with Gasteiger partial charge in [0.1, 0.15) is 0 Å². The van der Waals surface area contributed by atoms with Crippen LogP contribution in [0.4, 0.5) is 5.69 Å². The molecule has 0 unspecified atom stereocenters. The van der Waals surface area contributed by atoms with E-state index in [4.69, 9.17) is 9.41 Å². The van der Waals surface area contributed by atoms with Crippen molar-refractivity contribution >= 4 is 108 Å². The maximum atomic E-state index is 7.54. The number of para-hydroxylation sites is 5. The summed E-state index contributed by atoms with van der Waals surface area (Å²) in [6, 6.07) is 70.6. The predicted octanol–water partition coefficient (Wildman–Crippen LogP) is 15.6. The lowest BCUT2D eigenvalue weighted by molar-refractivity contribution is 0.664. The molecular weight excluding hydrogens is 775 g/mol. The Morgan fingerprint density at radius 1 is 0.452 bits per heavy atom. The van der Waals surface area contributed by atoms with Gasteiger partial charge in [0.15, 0.2) is 11.2 Å². The number of hydrogen-bond donors (Lipinski definition) is 0. The molecule has 0 bridgehead atoms. The minimum Gasteiger partial charge on any atom is -0.452 e. The topological polar surface area (TPSA) is 35.4 Å². The summed E-state index contributed by atoms with van der Waals surface area (Å²) in [5.74, 6) is 0.0733. The highest BCUT2D eigenvalue weighted by Gasteiger charge is 2.32. The van der Waals surface area contributed by atoms with Gasteiger partial charge in [0, 0.05) is 64.0 Å². The maximum Gasteiger partial charge on any atom is 0.160 e. The Bertz CT molecular complexity index is 3980. The van der Waals surface area contributed by atoms with Gasteiger partial charge in [0.05, 0.1) is 44.8 Å². The van der Waals surface area contributed by atoms with Crippen LogP contribution in [-0.4, -0.2) is 14.8 Å². The Hall–Kier alpha value is -7.73. The van der Waals surface area contributed by atoms with Crippen LogP contribution < -0.4 is 0 Å². The van der Waals surface area contributed by atoms with Gasteiger partial charge in [-0.25, -0.2) is 0 Å². The summed E-state index contributed by atoms with van der Waals surface area (Å²) in [6.07, 6.45) is 0.848. The summed E-state index contributed by atoms with van der Waals surface area (Å²) in [6.45, 7) is 0. The van der Waals surface area contributed by atoms with E-state index < -0.39 is 0 Å². The molecule has 290 valence electrons. The first-order valence-electron chi connectivity index (χ1n) is 21.3. The van der Waals surface area contributed by atoms with Crippen LogP contribution in [0, 0.1) is 0 Å². The fourth-order valence-electron chi connectivity index (χ4n) is 10.6. The number of aromatic nitrogens is 2. The van der Waals surface area contributed by atoms with Crippen LogP contribution in [0.2, 0.25) is 0 Å². The fraction of sp³-hybridized carbons (Fsp3) is 0.0351. The molecule has 0 saturated heterocycles. The number of fused-ring (bicyclic) bond motifs is 13. The Kier molecular flexibility index (Phi) is 7.07. The van der Waals surface area contributed by atoms with Crippen molar-refractivity contribution in [3.05, 3.63) is 211 Å². The van der Waals surface area contributed by atoms with Crippen molar-refractivity contribution in [3.63, 3.8) is 0 Å². The van der Waals surface area contributed by atoms with E-state index in [0.717, 1.165) is 78.8 Å². The van der Waals surface area contributed by atoms with E-state index in [1.54, 1.807) is 0 Å². The van der Waals surface area contributed by atoms with Gasteiger partial charge < -0.3 is 13.6 Å². The van der Waals surface area contributed by atoms with Gasteiger partial charge >= 0.3 is 0 Å². The van der Waals surface area contributed by atoms with Crippen LogP contribution in [-0.2, 0) is 6.42 Å². The molecule has 1 aliphatic rings. The standard InChI is InChI=1S/C57H35N3OS/c1-2-15-34(16-3-1)31-44-35-17-4-9-23-45(35)58-55(44)40-29-30-50(59-46-24-10-5-18-36(46)37-19-6-11-25-47(37)59)57-54(40)41-22-14-27-49(56(41)61-57)60-48-26-12-7-20-38(48)42-33-53-43(32-51(42)60)39-21-8-13-28-52(39)62-53/h1-30,32-33,44H,31H2/t44-/m0/s1. The average molecular weight is 810 g/mol. The van der Waals surface area contributed by atoms with Crippen molar-refractivity contribution in [1.29, 1.82) is 0 Å². The lowest BCUT2D eigenvalue weighted by Crippen LogP contribution is -2.13. The molecule has 4 aromatic heterocycles. The SMILES string of the molecule is c1ccc(C[C@@H]2C(c3ccc(-n4c5ccccc5c5ccccc54)c4oc5c(-n6c7ccccc7c7cc8sc9ccccc9c8cc76)cccc5c34)=Nc3ccccc32)cc1. The summed E-state index contributed by atoms with van der Waals surface area (Å²) in [5.41, 5.74) is 14.1. The molecule has 0 aliphatic carbocycles. The van der Waals surface area contributed by atoms with Crippen molar-refractivity contribution in [2.45, 2.75) is 12.3 Å². The maximum absolute atomic E-state index is 7.54. The Morgan fingerprint density at radius 3 is 1.84 bits per heavy atom. The normalized spacial score (nSPS) is 14.1. The van der Waals surface area contributed by atoms with E-state index in [2.05, 4.69) is 203 Å². The number of benzene rings is 9. The number of rotatable bonds is 5. The van der Waals surface area contributed by atoms with Crippen LogP contribution >= 0.6 is 11.3 Å². The van der Waals surface area contributed by atoms with Gasteiger partial charge in [-0.3, -0.25) is 4.99 Å². The van der Waals surface area contributed by atoms with Gasteiger partial charge in [-0.2, -0.15) is 0 Å². The molecular formula is C57H35N3OS. The Morgan fingerprint density at radius 2 is 1.06 bits per heavy atom. The van der Waals surface area contributed by atoms with E-state index in [1.807, 2.05) is 11.3 Å². The van der Waals surface area contributed by atoms with Crippen LogP contribution in [0.1, 0.15) is 22.6 Å². The minimum atomic E-state index is 0.0733. The van der Waals surface area contributed by atoms with Crippen molar-refractivity contribution < 1.29 is 4.42 Å². The smallest absolute Gasteiger partial charge is 0.160 e. The summed E-state index contributed by atoms with van der Waals surface area (Å²) in [4.78, 5) is 5.50. The summed E-state index contributed by atoms with van der Waals surface area (Å²) < 4.78 is 15.0. The predicted molar refractivity (Wildman–Crippen MR) is 261 cm³/mol. The van der Waals surface area contributed by atoms with Crippen molar-refractivity contribution in [1.82, 2.24) is 9.13 Å². The third-order valence-electron chi connectivity index (χ3n) is 13.3. The number of nitrogens with zero attached hydrogens (tertiary/aromatic N) is 3. The van der Waals surface area contributed by atoms with E-state index in [-0.39, 0.29) is 5.92 Å². The van der Waals surface area contributed by atoms with Crippen LogP contribution in [0.25, 0.3) is 97.1 Å². The number of furan rings is 1. The highest BCUT2D eigenvalue weighted by molar-refractivity contribution is 7.25. The molecule has 0 spiro atoms. The van der Waals surface area contributed by atoms with Gasteiger partial charge in [0.25, 0.3) is 0 Å². The monoisotopic (exact) mass is 809 g/mol. The molecule has 9 aromatic carbocycles. The number of thiophene rings is 1. The summed E-state index contributed by atoms with van der Waals surface area (Å²) in [7, 11) is 0. The second-order valence-electron chi connectivity index (χ2n) is 16.6. The zero-order valence-electron chi connectivity index (χ0n) is 33.4. The van der Waals surface area contributed by atoms with E-state index in [9.17, 15) is 0 Å². The molecule has 0 amide bonds. The lowest BCUT2D eigenvalue weighted by atomic mass is 9.85. The zero-order chi connectivity index (χ0) is 40.5. The second-order valence-corrected chi connectivity index (χ2v) is 17.7. The van der Waals surface area contributed by atoms with Crippen LogP contribution in [0.5, 0.6) is 0 Å². The molecule has 4 nitrogen and oxygen atoms in total. The van der Waals surface area contributed by atoms with Crippen molar-refractivity contribution in [2.24, 2.45) is 4.99 Å². The first-order valence-corrected chi connectivity index (χ1v) is 22.1. The van der Waals surface area contributed by atoms with Crippen LogP contribution in [0.15, 0.2) is 204 Å². The molecule has 0 N–H and O–H groups in total. The van der Waals surface area contributed by atoms with Crippen molar-refractivity contribution in [2.75, 3.05) is 0 Å². The largest absolute Gasteiger partial charge is 0.452 e. The van der Waals surface area contributed by atoms with E-state index in [0.29, 0.717) is 0 Å². The molecule has 1 aliphatic heterocycles. The Balaban J connectivity index is 1.10. The molecule has 62 heavy (non-hydrogen) atoms. The van der Waals surface area contributed by atoms with Gasteiger partial charge in [-0.1, -0.05) is 140 Å². The van der Waals surface area contributed by atoms with Gasteiger partial charge in [-0.05, 0) is 72.1 Å². The molecule has 13 aromatic rings. The first-order chi connectivity index (χ1) is 30.8. The average Bonchev–Trinajstić information content (AvgIpc) is 4.14. The van der Waals surface area contributed by atoms with Crippen molar-refractivity contribution in [3.8, 4) is 11.4 Å². The lowest BCUT2D eigenvalue weighted by Gasteiger charge is -2.17. The second kappa shape index (κ2) is 12.9. The van der Waals surface area contributed by atoms with Gasteiger partial charge in [-0.15, -0.1) is 11.3 Å². The molecule has 0 fully saturated rings. The first kappa shape index (κ1) is 34.0. The molecule has 5 heterocycles. The third-order valence-corrected chi connectivity index (χ3v) is 14.4. The molecule has 1 atom stereocenters. The quantitative estimate of drug-likeness (QED) is 0.171. The Labute approximate surface area is 359 Å².